The number of nitrogens with zero attached hydrogens (tertiary/aromatic N) is 1. The predicted molar refractivity (Wildman–Crippen MR) is 69.9 cm³/mol. The van der Waals surface area contributed by atoms with Crippen molar-refractivity contribution in [3.8, 4) is 0 Å². The number of fused-ring (bicyclic) bond motifs is 1. The smallest absolute Gasteiger partial charge is 0.420 e. The van der Waals surface area contributed by atoms with Crippen molar-refractivity contribution in [2.24, 2.45) is 5.84 Å². The number of oxazole rings is 1. The van der Waals surface area contributed by atoms with Gasteiger partial charge in [0.25, 0.3) is 5.91 Å². The van der Waals surface area contributed by atoms with E-state index in [9.17, 15) is 9.59 Å². The number of furan rings is 1. The van der Waals surface area contributed by atoms with E-state index in [2.05, 4.69) is 0 Å². The molecule has 1 aromatic carbocycles. The lowest BCUT2D eigenvalue weighted by atomic mass is 10.3. The summed E-state index contributed by atoms with van der Waals surface area (Å²) in [7, 11) is 0. The molecule has 0 saturated heterocycles. The second-order valence-electron chi connectivity index (χ2n) is 4.20. The van der Waals surface area contributed by atoms with Crippen molar-refractivity contribution in [2.75, 3.05) is 0 Å². The van der Waals surface area contributed by atoms with Crippen molar-refractivity contribution in [3.05, 3.63) is 58.5 Å². The van der Waals surface area contributed by atoms with Crippen molar-refractivity contribution < 1.29 is 13.6 Å². The van der Waals surface area contributed by atoms with Gasteiger partial charge >= 0.3 is 5.76 Å². The number of hydrazine groups is 1. The first-order valence-corrected chi connectivity index (χ1v) is 5.86. The minimum absolute atomic E-state index is 0.174. The lowest BCUT2D eigenvalue weighted by molar-refractivity contribution is 0.0953. The number of nitrogens with two attached hydrogens (primary N) is 1. The fourth-order valence-electron chi connectivity index (χ4n) is 1.99. The molecule has 0 saturated carbocycles. The zero-order valence-corrected chi connectivity index (χ0v) is 10.3. The molecule has 0 atom stereocenters. The minimum Gasteiger partial charge on any atom is -0.467 e. The minimum atomic E-state index is -0.479. The molecule has 1 amide bonds. The number of nitrogens with one attached hydrogen (secondary N) is 1. The first kappa shape index (κ1) is 12.2. The van der Waals surface area contributed by atoms with Crippen LogP contribution in [0.3, 0.4) is 0 Å². The van der Waals surface area contributed by atoms with Gasteiger partial charge in [-0.3, -0.25) is 14.8 Å². The van der Waals surface area contributed by atoms with Gasteiger partial charge in [0.05, 0.1) is 17.6 Å². The van der Waals surface area contributed by atoms with Gasteiger partial charge in [-0.2, -0.15) is 0 Å². The second-order valence-corrected chi connectivity index (χ2v) is 4.20. The average Bonchev–Trinajstić information content (AvgIpc) is 3.04. The summed E-state index contributed by atoms with van der Waals surface area (Å²) in [6, 6.07) is 8.60. The van der Waals surface area contributed by atoms with Gasteiger partial charge in [-0.15, -0.1) is 0 Å². The number of carbonyl (C=O) groups is 1. The maximum absolute atomic E-state index is 11.8. The molecule has 3 N–H and O–H groups in total. The highest BCUT2D eigenvalue weighted by atomic mass is 16.4. The molecule has 0 spiro atoms. The molecule has 0 aliphatic rings. The molecule has 7 heteroatoms. The largest absolute Gasteiger partial charge is 0.467 e. The van der Waals surface area contributed by atoms with Crippen LogP contribution in [0.15, 0.2) is 50.2 Å². The molecule has 0 fully saturated rings. The third kappa shape index (κ3) is 1.99. The summed E-state index contributed by atoms with van der Waals surface area (Å²) in [5, 5.41) is 0. The highest BCUT2D eigenvalue weighted by molar-refractivity contribution is 5.93. The van der Waals surface area contributed by atoms with Gasteiger partial charge in [-0.25, -0.2) is 10.6 Å². The zero-order valence-electron chi connectivity index (χ0n) is 10.3. The number of benzene rings is 1. The number of rotatable bonds is 3. The van der Waals surface area contributed by atoms with Crippen LogP contribution < -0.4 is 17.0 Å². The fourth-order valence-corrected chi connectivity index (χ4v) is 1.99. The standard InChI is InChI=1S/C13H11N3O4/c14-15-12(17)8-5-9(19-7-8)6-16-10-3-1-2-4-11(10)20-13(16)18/h1-5,7H,6,14H2,(H,15,17). The Hall–Kier alpha value is -2.80. The summed E-state index contributed by atoms with van der Waals surface area (Å²) in [6.07, 6.45) is 1.28. The van der Waals surface area contributed by atoms with Gasteiger partial charge in [-0.1, -0.05) is 12.1 Å². The summed E-state index contributed by atoms with van der Waals surface area (Å²) in [4.78, 5) is 23.1. The van der Waals surface area contributed by atoms with Crippen LogP contribution in [0.1, 0.15) is 16.1 Å². The average molecular weight is 273 g/mol. The maximum atomic E-state index is 11.8. The van der Waals surface area contributed by atoms with E-state index < -0.39 is 11.7 Å². The molecule has 7 nitrogen and oxygen atoms in total. The summed E-state index contributed by atoms with van der Waals surface area (Å²) < 4.78 is 11.8. The maximum Gasteiger partial charge on any atom is 0.420 e. The van der Waals surface area contributed by atoms with E-state index in [1.807, 2.05) is 11.5 Å². The second kappa shape index (κ2) is 4.71. The summed E-state index contributed by atoms with van der Waals surface area (Å²) in [6.45, 7) is 0.174. The van der Waals surface area contributed by atoms with Gasteiger partial charge in [0.1, 0.15) is 12.0 Å². The van der Waals surface area contributed by atoms with Gasteiger partial charge in [0.2, 0.25) is 0 Å². The fraction of sp³-hybridized carbons (Fsp3) is 0.0769. The van der Waals surface area contributed by atoms with E-state index in [0.29, 0.717) is 22.4 Å². The number of amides is 1. The van der Waals surface area contributed by atoms with Crippen LogP contribution in [-0.4, -0.2) is 10.5 Å². The SMILES string of the molecule is NNC(=O)c1coc(Cn2c(=O)oc3ccccc32)c1. The molecule has 3 aromatic rings. The molecule has 102 valence electrons. The Balaban J connectivity index is 1.97. The van der Waals surface area contributed by atoms with Crippen molar-refractivity contribution in [3.63, 3.8) is 0 Å². The number of para-hydroxylation sites is 2. The quantitative estimate of drug-likeness (QED) is 0.418. The van der Waals surface area contributed by atoms with E-state index in [0.717, 1.165) is 0 Å². The summed E-state index contributed by atoms with van der Waals surface area (Å²) in [5.41, 5.74) is 3.47. The monoisotopic (exact) mass is 273 g/mol. The van der Waals surface area contributed by atoms with Crippen LogP contribution in [0.5, 0.6) is 0 Å². The Kier molecular flexibility index (Phi) is 2.88. The molecule has 20 heavy (non-hydrogen) atoms. The highest BCUT2D eigenvalue weighted by Gasteiger charge is 2.13. The van der Waals surface area contributed by atoms with Crippen LogP contribution in [0, 0.1) is 0 Å². The Morgan fingerprint density at radius 3 is 2.95 bits per heavy atom. The first-order valence-electron chi connectivity index (χ1n) is 5.86. The number of nitrogen functional groups attached to an aromatic ring is 1. The third-order valence-corrected chi connectivity index (χ3v) is 2.93. The van der Waals surface area contributed by atoms with E-state index in [4.69, 9.17) is 14.7 Å². The number of hydrogen-bond acceptors (Lipinski definition) is 5. The Morgan fingerprint density at radius 2 is 2.15 bits per heavy atom. The van der Waals surface area contributed by atoms with Crippen LogP contribution in [-0.2, 0) is 6.54 Å². The van der Waals surface area contributed by atoms with Gasteiger partial charge in [0.15, 0.2) is 5.58 Å². The van der Waals surface area contributed by atoms with Crippen molar-refractivity contribution in [1.82, 2.24) is 9.99 Å². The number of aromatic nitrogens is 1. The van der Waals surface area contributed by atoms with Crippen LogP contribution in [0.25, 0.3) is 11.1 Å². The molecule has 3 rings (SSSR count). The lowest BCUT2D eigenvalue weighted by Crippen LogP contribution is -2.29. The summed E-state index contributed by atoms with van der Waals surface area (Å²) >= 11 is 0. The van der Waals surface area contributed by atoms with E-state index in [-0.39, 0.29) is 6.54 Å². The molecule has 0 unspecified atom stereocenters. The number of hydrogen-bond donors (Lipinski definition) is 2. The normalized spacial score (nSPS) is 10.8. The first-order chi connectivity index (χ1) is 9.69. The van der Waals surface area contributed by atoms with Crippen molar-refractivity contribution in [1.29, 1.82) is 0 Å². The van der Waals surface area contributed by atoms with Crippen molar-refractivity contribution >= 4 is 17.0 Å². The van der Waals surface area contributed by atoms with Crippen LogP contribution in [0.4, 0.5) is 0 Å². The molecule has 0 radical (unpaired) electrons. The molecule has 0 bridgehead atoms. The summed E-state index contributed by atoms with van der Waals surface area (Å²) in [5.74, 6) is 4.56. The topological polar surface area (TPSA) is 103 Å². The molecule has 2 heterocycles. The predicted octanol–water partition coefficient (Wildman–Crippen LogP) is 0.839. The Labute approximate surface area is 112 Å². The lowest BCUT2D eigenvalue weighted by Gasteiger charge is -1.98. The van der Waals surface area contributed by atoms with Crippen LogP contribution in [0.2, 0.25) is 0 Å². The molecular weight excluding hydrogens is 262 g/mol. The Bertz CT molecular complexity index is 827. The van der Waals surface area contributed by atoms with E-state index >= 15 is 0 Å². The number of carbonyl (C=O) groups excluding carboxylic acids is 1. The highest BCUT2D eigenvalue weighted by Crippen LogP contribution is 2.15. The van der Waals surface area contributed by atoms with Gasteiger partial charge in [0, 0.05) is 0 Å². The third-order valence-electron chi connectivity index (χ3n) is 2.93. The van der Waals surface area contributed by atoms with Crippen LogP contribution >= 0.6 is 0 Å². The van der Waals surface area contributed by atoms with Gasteiger partial charge in [-0.05, 0) is 18.2 Å². The zero-order chi connectivity index (χ0) is 14.1. The Morgan fingerprint density at radius 1 is 1.35 bits per heavy atom. The molecular formula is C13H11N3O4. The van der Waals surface area contributed by atoms with E-state index in [1.54, 1.807) is 18.2 Å². The molecule has 0 aliphatic carbocycles. The van der Waals surface area contributed by atoms with Crippen molar-refractivity contribution in [2.45, 2.75) is 6.54 Å². The van der Waals surface area contributed by atoms with Gasteiger partial charge < -0.3 is 8.83 Å². The molecule has 0 aliphatic heterocycles. The van der Waals surface area contributed by atoms with E-state index in [1.165, 1.54) is 16.9 Å². The molecule has 2 aromatic heterocycles.